The van der Waals surface area contributed by atoms with E-state index >= 15 is 0 Å². The van der Waals surface area contributed by atoms with Gasteiger partial charge in [0.1, 0.15) is 7.05 Å². The van der Waals surface area contributed by atoms with E-state index in [2.05, 4.69) is 94.0 Å². The summed E-state index contributed by atoms with van der Waals surface area (Å²) in [7, 11) is 2.08. The van der Waals surface area contributed by atoms with E-state index in [9.17, 15) is 2.74 Å². The van der Waals surface area contributed by atoms with Crippen LogP contribution < -0.4 is 4.57 Å². The third kappa shape index (κ3) is 3.25. The van der Waals surface area contributed by atoms with Crippen LogP contribution in [0.3, 0.4) is 0 Å². The SMILES string of the molecule is [2H]C([2H])(c1cccc(-c2cc[n+](C)c(-c3ccccc3C)c2)c1)C1CC2CCC1(C)C2(C)C. The Morgan fingerprint density at radius 3 is 2.48 bits per heavy atom. The lowest BCUT2D eigenvalue weighted by atomic mass is 9.65. The maximum absolute atomic E-state index is 9.28. The molecule has 2 saturated carbocycles. The molecular weight excluding hydrogens is 374 g/mol. The molecule has 0 radical (unpaired) electrons. The van der Waals surface area contributed by atoms with E-state index in [4.69, 9.17) is 0 Å². The summed E-state index contributed by atoms with van der Waals surface area (Å²) >= 11 is 0. The summed E-state index contributed by atoms with van der Waals surface area (Å²) in [6, 6.07) is 21.1. The average Bonchev–Trinajstić information content (AvgIpc) is 3.14. The van der Waals surface area contributed by atoms with Gasteiger partial charge in [0.25, 0.3) is 0 Å². The molecule has 0 spiro atoms. The number of aryl methyl sites for hydroxylation is 2. The van der Waals surface area contributed by atoms with Gasteiger partial charge in [0.15, 0.2) is 6.20 Å². The quantitative estimate of drug-likeness (QED) is 0.400. The molecule has 0 N–H and O–H groups in total. The Balaban J connectivity index is 1.53. The van der Waals surface area contributed by atoms with Crippen LogP contribution in [0.2, 0.25) is 0 Å². The van der Waals surface area contributed by atoms with E-state index in [0.717, 1.165) is 29.5 Å². The van der Waals surface area contributed by atoms with Gasteiger partial charge in [-0.15, -0.1) is 0 Å². The highest BCUT2D eigenvalue weighted by Gasteiger charge is 2.60. The highest BCUT2D eigenvalue weighted by molar-refractivity contribution is 5.70. The van der Waals surface area contributed by atoms with Crippen molar-refractivity contribution in [3.8, 4) is 22.4 Å². The van der Waals surface area contributed by atoms with Gasteiger partial charge >= 0.3 is 0 Å². The second-order valence-corrected chi connectivity index (χ2v) is 10.6. The van der Waals surface area contributed by atoms with Gasteiger partial charge in [0.05, 0.1) is 0 Å². The molecule has 3 aromatic rings. The zero-order valence-electron chi connectivity index (χ0n) is 21.6. The molecule has 31 heavy (non-hydrogen) atoms. The van der Waals surface area contributed by atoms with Crippen LogP contribution in [0.25, 0.3) is 22.4 Å². The molecule has 3 atom stereocenters. The average molecular weight is 413 g/mol. The van der Waals surface area contributed by atoms with E-state index < -0.39 is 6.37 Å². The van der Waals surface area contributed by atoms with Gasteiger partial charge in [-0.25, -0.2) is 4.57 Å². The van der Waals surface area contributed by atoms with Crippen molar-refractivity contribution in [1.82, 2.24) is 0 Å². The molecule has 0 amide bonds. The lowest BCUT2D eigenvalue weighted by Gasteiger charge is -2.39. The van der Waals surface area contributed by atoms with E-state index in [1.807, 2.05) is 12.1 Å². The van der Waals surface area contributed by atoms with Crippen LogP contribution in [-0.2, 0) is 13.4 Å². The second kappa shape index (κ2) is 7.33. The molecule has 0 saturated heterocycles. The fourth-order valence-corrected chi connectivity index (χ4v) is 6.29. The minimum atomic E-state index is -1.34. The van der Waals surface area contributed by atoms with Crippen LogP contribution in [0.5, 0.6) is 0 Å². The summed E-state index contributed by atoms with van der Waals surface area (Å²) in [4.78, 5) is 0. The van der Waals surface area contributed by atoms with Crippen LogP contribution in [0, 0.1) is 29.6 Å². The predicted molar refractivity (Wildman–Crippen MR) is 130 cm³/mol. The van der Waals surface area contributed by atoms with Crippen LogP contribution in [0.1, 0.15) is 53.9 Å². The molecule has 2 fully saturated rings. The van der Waals surface area contributed by atoms with Crippen molar-refractivity contribution in [2.45, 2.75) is 53.3 Å². The Bertz CT molecular complexity index is 1210. The lowest BCUT2D eigenvalue weighted by molar-refractivity contribution is -0.660. The molecule has 1 heteroatoms. The largest absolute Gasteiger partial charge is 0.213 e. The van der Waals surface area contributed by atoms with Gasteiger partial charge < -0.3 is 0 Å². The standard InChI is InChI=1S/C30H36N/c1-21-9-6-7-12-27(21)28-19-24(14-16-31(28)5)23-11-8-10-22(17-23)18-26-20-25-13-15-30(26,4)29(25,2)3/h6-12,14,16-17,19,25-26H,13,15,18,20H2,1-5H3/q+1/i18D2. The Labute approximate surface area is 191 Å². The minimum Gasteiger partial charge on any atom is -0.201 e. The van der Waals surface area contributed by atoms with Crippen LogP contribution >= 0.6 is 0 Å². The monoisotopic (exact) mass is 412 g/mol. The Morgan fingerprint density at radius 1 is 1.00 bits per heavy atom. The fourth-order valence-electron chi connectivity index (χ4n) is 6.29. The normalized spacial score (nSPS) is 27.8. The van der Waals surface area contributed by atoms with Gasteiger partial charge in [-0.3, -0.25) is 0 Å². The van der Waals surface area contributed by atoms with Crippen molar-refractivity contribution in [1.29, 1.82) is 0 Å². The maximum atomic E-state index is 9.28. The Morgan fingerprint density at radius 2 is 1.77 bits per heavy atom. The summed E-state index contributed by atoms with van der Waals surface area (Å²) in [6.45, 7) is 9.23. The number of fused-ring (bicyclic) bond motifs is 2. The van der Waals surface area contributed by atoms with Crippen LogP contribution in [0.15, 0.2) is 66.9 Å². The number of pyridine rings is 1. The minimum absolute atomic E-state index is 0.0513. The van der Waals surface area contributed by atoms with Crippen LogP contribution in [0.4, 0.5) is 0 Å². The molecule has 2 aliphatic carbocycles. The van der Waals surface area contributed by atoms with Crippen LogP contribution in [-0.4, -0.2) is 0 Å². The van der Waals surface area contributed by atoms with E-state index in [1.54, 1.807) is 0 Å². The third-order valence-corrected chi connectivity index (χ3v) is 8.90. The number of rotatable bonds is 4. The van der Waals surface area contributed by atoms with Gasteiger partial charge in [-0.1, -0.05) is 63.2 Å². The first kappa shape index (κ1) is 18.2. The number of hydrogen-bond acceptors (Lipinski definition) is 0. The summed E-state index contributed by atoms with van der Waals surface area (Å²) in [5, 5.41) is 0. The molecule has 160 valence electrons. The summed E-state index contributed by atoms with van der Waals surface area (Å²) in [5.74, 6) is 0.696. The maximum Gasteiger partial charge on any atom is 0.213 e. The molecule has 0 aliphatic heterocycles. The Hall–Kier alpha value is -2.41. The third-order valence-electron chi connectivity index (χ3n) is 8.90. The topological polar surface area (TPSA) is 3.88 Å². The first-order valence-electron chi connectivity index (χ1n) is 12.7. The van der Waals surface area contributed by atoms with Gasteiger partial charge in [0.2, 0.25) is 5.69 Å². The molecule has 2 aromatic carbocycles. The highest BCUT2D eigenvalue weighted by atomic mass is 14.9. The first-order valence-corrected chi connectivity index (χ1v) is 11.7. The zero-order valence-corrected chi connectivity index (χ0v) is 19.6. The van der Waals surface area contributed by atoms with E-state index in [-0.39, 0.29) is 16.7 Å². The summed E-state index contributed by atoms with van der Waals surface area (Å²) < 4.78 is 20.7. The second-order valence-electron chi connectivity index (χ2n) is 10.6. The van der Waals surface area contributed by atoms with Crippen molar-refractivity contribution in [3.63, 3.8) is 0 Å². The van der Waals surface area contributed by atoms with Crippen molar-refractivity contribution in [2.24, 2.45) is 29.7 Å². The summed E-state index contributed by atoms with van der Waals surface area (Å²) in [5.41, 5.74) is 6.94. The molecule has 2 aliphatic rings. The first-order chi connectivity index (χ1) is 15.6. The number of hydrogen-bond donors (Lipinski definition) is 0. The van der Waals surface area contributed by atoms with Crippen molar-refractivity contribution in [3.05, 3.63) is 78.0 Å². The molecule has 1 heterocycles. The van der Waals surface area contributed by atoms with Gasteiger partial charge in [-0.2, -0.15) is 0 Å². The number of nitrogens with zero attached hydrogens (tertiary/aromatic N) is 1. The fraction of sp³-hybridized carbons (Fsp3) is 0.433. The molecule has 1 aromatic heterocycles. The summed E-state index contributed by atoms with van der Waals surface area (Å²) in [6.07, 6.45) is 4.16. The number of aromatic nitrogens is 1. The van der Waals surface area contributed by atoms with Gasteiger partial charge in [0, 0.05) is 20.4 Å². The predicted octanol–water partition coefficient (Wildman–Crippen LogP) is 7.16. The highest BCUT2D eigenvalue weighted by Crippen LogP contribution is 2.68. The molecule has 2 bridgehead atoms. The van der Waals surface area contributed by atoms with Crippen molar-refractivity contribution in [2.75, 3.05) is 0 Å². The smallest absolute Gasteiger partial charge is 0.201 e. The van der Waals surface area contributed by atoms with Gasteiger partial charge in [-0.05, 0) is 83.5 Å². The zero-order chi connectivity index (χ0) is 23.6. The molecular formula is C30H36N+. The molecule has 5 rings (SSSR count). The lowest BCUT2D eigenvalue weighted by Crippen LogP contribution is -2.33. The van der Waals surface area contributed by atoms with Crippen molar-refractivity contribution >= 4 is 0 Å². The molecule has 3 unspecified atom stereocenters. The molecule has 1 nitrogen and oxygen atoms in total. The Kier molecular flexibility index (Phi) is 4.30. The van der Waals surface area contributed by atoms with E-state index in [1.165, 1.54) is 23.2 Å². The van der Waals surface area contributed by atoms with E-state index in [0.29, 0.717) is 5.92 Å². The number of benzene rings is 2. The van der Waals surface area contributed by atoms with Crippen molar-refractivity contribution < 1.29 is 7.31 Å².